The Hall–Kier alpha value is -3.92. The van der Waals surface area contributed by atoms with Crippen molar-refractivity contribution >= 4 is 34.0 Å². The molecular formula is C25H20N2O2. The molecule has 4 rings (SSSR count). The average Bonchev–Trinajstić information content (AvgIpc) is 2.74. The van der Waals surface area contributed by atoms with Gasteiger partial charge in [0, 0.05) is 27.9 Å². The zero-order valence-corrected chi connectivity index (χ0v) is 16.0. The number of fused-ring (bicyclic) bond motifs is 1. The second kappa shape index (κ2) is 7.98. The highest BCUT2D eigenvalue weighted by atomic mass is 16.2. The van der Waals surface area contributed by atoms with E-state index in [0.717, 1.165) is 22.0 Å². The molecule has 4 aromatic rings. The van der Waals surface area contributed by atoms with Gasteiger partial charge < -0.3 is 10.6 Å². The van der Waals surface area contributed by atoms with Crippen LogP contribution in [0.5, 0.6) is 0 Å². The summed E-state index contributed by atoms with van der Waals surface area (Å²) < 4.78 is 0. The standard InChI is InChI=1S/C25H20N2O2/c1-17-7-4-10-19(15-17)24(28)26-21-12-5-11-20(16-21)25(29)27-23-14-6-9-18-8-2-3-13-22(18)23/h2-16H,1H3,(H,26,28)(H,27,29). The molecule has 0 aromatic heterocycles. The van der Waals surface area contributed by atoms with Gasteiger partial charge >= 0.3 is 0 Å². The number of amides is 2. The van der Waals surface area contributed by atoms with Gasteiger partial charge in [-0.2, -0.15) is 0 Å². The van der Waals surface area contributed by atoms with Crippen molar-refractivity contribution in [2.45, 2.75) is 6.92 Å². The highest BCUT2D eigenvalue weighted by Gasteiger charge is 2.11. The number of aryl methyl sites for hydroxylation is 1. The van der Waals surface area contributed by atoms with Gasteiger partial charge in [-0.05, 0) is 48.7 Å². The van der Waals surface area contributed by atoms with Crippen LogP contribution in [0.3, 0.4) is 0 Å². The predicted octanol–water partition coefficient (Wildman–Crippen LogP) is 5.65. The minimum absolute atomic E-state index is 0.208. The van der Waals surface area contributed by atoms with E-state index in [1.807, 2.05) is 67.6 Å². The molecule has 0 saturated carbocycles. The van der Waals surface area contributed by atoms with E-state index in [0.29, 0.717) is 16.8 Å². The number of nitrogens with one attached hydrogen (secondary N) is 2. The van der Waals surface area contributed by atoms with Crippen molar-refractivity contribution in [2.24, 2.45) is 0 Å². The van der Waals surface area contributed by atoms with E-state index in [4.69, 9.17) is 0 Å². The fraction of sp³-hybridized carbons (Fsp3) is 0.0400. The summed E-state index contributed by atoms with van der Waals surface area (Å²) in [4.78, 5) is 25.3. The van der Waals surface area contributed by atoms with Crippen LogP contribution in [0, 0.1) is 6.92 Å². The maximum absolute atomic E-state index is 12.8. The third-order valence-corrected chi connectivity index (χ3v) is 4.70. The van der Waals surface area contributed by atoms with Gasteiger partial charge in [0.2, 0.25) is 0 Å². The number of benzene rings is 4. The summed E-state index contributed by atoms with van der Waals surface area (Å²) in [5.41, 5.74) is 3.39. The molecule has 2 N–H and O–H groups in total. The molecule has 0 heterocycles. The number of anilines is 2. The smallest absolute Gasteiger partial charge is 0.255 e. The Morgan fingerprint density at radius 2 is 1.31 bits per heavy atom. The molecule has 29 heavy (non-hydrogen) atoms. The summed E-state index contributed by atoms with van der Waals surface area (Å²) in [6, 6.07) is 28.0. The predicted molar refractivity (Wildman–Crippen MR) is 117 cm³/mol. The molecule has 0 unspecified atom stereocenters. The molecule has 0 atom stereocenters. The minimum Gasteiger partial charge on any atom is -0.322 e. The van der Waals surface area contributed by atoms with Crippen molar-refractivity contribution in [1.29, 1.82) is 0 Å². The van der Waals surface area contributed by atoms with Crippen LogP contribution < -0.4 is 10.6 Å². The largest absolute Gasteiger partial charge is 0.322 e. The van der Waals surface area contributed by atoms with E-state index in [-0.39, 0.29) is 11.8 Å². The Morgan fingerprint density at radius 3 is 2.14 bits per heavy atom. The van der Waals surface area contributed by atoms with Gasteiger partial charge in [-0.1, -0.05) is 60.2 Å². The second-order valence-electron chi connectivity index (χ2n) is 6.89. The van der Waals surface area contributed by atoms with Crippen LogP contribution in [-0.4, -0.2) is 11.8 Å². The molecule has 0 spiro atoms. The van der Waals surface area contributed by atoms with Gasteiger partial charge in [-0.25, -0.2) is 0 Å². The average molecular weight is 380 g/mol. The molecule has 4 heteroatoms. The third-order valence-electron chi connectivity index (χ3n) is 4.70. The molecule has 0 aliphatic carbocycles. The Labute approximate surface area is 169 Å². The Balaban J connectivity index is 1.53. The van der Waals surface area contributed by atoms with Crippen LogP contribution >= 0.6 is 0 Å². The molecule has 142 valence electrons. The highest BCUT2D eigenvalue weighted by molar-refractivity contribution is 6.10. The quantitative estimate of drug-likeness (QED) is 0.480. The SMILES string of the molecule is Cc1cccc(C(=O)Nc2cccc(C(=O)Nc3cccc4ccccc34)c2)c1. The minimum atomic E-state index is -0.229. The van der Waals surface area contributed by atoms with Gasteiger partial charge in [0.25, 0.3) is 11.8 Å². The number of hydrogen-bond acceptors (Lipinski definition) is 2. The van der Waals surface area contributed by atoms with Crippen molar-refractivity contribution in [3.63, 3.8) is 0 Å². The molecule has 4 nitrogen and oxygen atoms in total. The highest BCUT2D eigenvalue weighted by Crippen LogP contribution is 2.24. The number of carbonyl (C=O) groups is 2. The summed E-state index contributed by atoms with van der Waals surface area (Å²) in [7, 11) is 0. The summed E-state index contributed by atoms with van der Waals surface area (Å²) in [6.07, 6.45) is 0. The number of hydrogen-bond donors (Lipinski definition) is 2. The lowest BCUT2D eigenvalue weighted by Gasteiger charge is -2.10. The first-order valence-electron chi connectivity index (χ1n) is 9.37. The molecule has 0 aliphatic heterocycles. The molecule has 0 fully saturated rings. The lowest BCUT2D eigenvalue weighted by atomic mass is 10.1. The van der Waals surface area contributed by atoms with E-state index in [9.17, 15) is 9.59 Å². The van der Waals surface area contributed by atoms with Gasteiger partial charge in [0.05, 0.1) is 0 Å². The fourth-order valence-corrected chi connectivity index (χ4v) is 3.26. The first-order chi connectivity index (χ1) is 14.1. The van der Waals surface area contributed by atoms with Crippen LogP contribution in [0.15, 0.2) is 91.0 Å². The van der Waals surface area contributed by atoms with E-state index < -0.39 is 0 Å². The maximum Gasteiger partial charge on any atom is 0.255 e. The van der Waals surface area contributed by atoms with Crippen molar-refractivity contribution in [3.05, 3.63) is 108 Å². The van der Waals surface area contributed by atoms with Gasteiger partial charge in [0.15, 0.2) is 0 Å². The van der Waals surface area contributed by atoms with Gasteiger partial charge in [-0.15, -0.1) is 0 Å². The Bertz CT molecular complexity index is 1210. The summed E-state index contributed by atoms with van der Waals surface area (Å²) in [6.45, 7) is 1.94. The molecular weight excluding hydrogens is 360 g/mol. The van der Waals surface area contributed by atoms with Gasteiger partial charge in [-0.3, -0.25) is 9.59 Å². The van der Waals surface area contributed by atoms with Crippen molar-refractivity contribution < 1.29 is 9.59 Å². The van der Waals surface area contributed by atoms with Crippen LogP contribution in [0.1, 0.15) is 26.3 Å². The molecule has 4 aromatic carbocycles. The zero-order valence-electron chi connectivity index (χ0n) is 16.0. The summed E-state index contributed by atoms with van der Waals surface area (Å²) in [5, 5.41) is 7.86. The van der Waals surface area contributed by atoms with Crippen molar-refractivity contribution in [2.75, 3.05) is 10.6 Å². The number of carbonyl (C=O) groups excluding carboxylic acids is 2. The zero-order chi connectivity index (χ0) is 20.2. The van der Waals surface area contributed by atoms with Crippen molar-refractivity contribution in [3.8, 4) is 0 Å². The monoisotopic (exact) mass is 380 g/mol. The van der Waals surface area contributed by atoms with Crippen LogP contribution in [0.4, 0.5) is 11.4 Å². The molecule has 0 bridgehead atoms. The van der Waals surface area contributed by atoms with Crippen molar-refractivity contribution in [1.82, 2.24) is 0 Å². The van der Waals surface area contributed by atoms with E-state index in [1.165, 1.54) is 0 Å². The maximum atomic E-state index is 12.8. The van der Waals surface area contributed by atoms with Crippen LogP contribution in [0.2, 0.25) is 0 Å². The summed E-state index contributed by atoms with van der Waals surface area (Å²) in [5.74, 6) is -0.437. The van der Waals surface area contributed by atoms with Gasteiger partial charge in [0.1, 0.15) is 0 Å². The molecule has 0 saturated heterocycles. The molecule has 0 aliphatic rings. The van der Waals surface area contributed by atoms with Crippen LogP contribution in [0.25, 0.3) is 10.8 Å². The van der Waals surface area contributed by atoms with E-state index in [2.05, 4.69) is 10.6 Å². The Kier molecular flexibility index (Phi) is 5.08. The summed E-state index contributed by atoms with van der Waals surface area (Å²) >= 11 is 0. The lowest BCUT2D eigenvalue weighted by molar-refractivity contribution is 0.101. The van der Waals surface area contributed by atoms with E-state index >= 15 is 0 Å². The first kappa shape index (κ1) is 18.4. The van der Waals surface area contributed by atoms with Crippen LogP contribution in [-0.2, 0) is 0 Å². The fourth-order valence-electron chi connectivity index (χ4n) is 3.26. The molecule has 0 radical (unpaired) electrons. The first-order valence-corrected chi connectivity index (χ1v) is 9.37. The topological polar surface area (TPSA) is 58.2 Å². The molecule has 2 amide bonds. The number of rotatable bonds is 4. The lowest BCUT2D eigenvalue weighted by Crippen LogP contribution is -2.15. The second-order valence-corrected chi connectivity index (χ2v) is 6.89. The van der Waals surface area contributed by atoms with E-state index in [1.54, 1.807) is 30.3 Å². The Morgan fingerprint density at radius 1 is 0.655 bits per heavy atom. The normalized spacial score (nSPS) is 10.5. The third kappa shape index (κ3) is 4.17.